The molecule has 0 unspecified atom stereocenters. The molecule has 7 nitrogen and oxygen atoms in total. The molecule has 1 saturated heterocycles. The number of thioether (sulfide) groups is 1. The van der Waals surface area contributed by atoms with Crippen LogP contribution in [-0.2, 0) is 9.59 Å². The summed E-state index contributed by atoms with van der Waals surface area (Å²) in [6.07, 6.45) is 3.04. The highest BCUT2D eigenvalue weighted by Gasteiger charge is 2.34. The molecule has 1 heterocycles. The molecule has 0 atom stereocenters. The Morgan fingerprint density at radius 1 is 1.44 bits per heavy atom. The highest BCUT2D eigenvalue weighted by molar-refractivity contribution is 9.10. The zero-order chi connectivity index (χ0) is 18.6. The zero-order valence-electron chi connectivity index (χ0n) is 13.2. The topological polar surface area (TPSA) is 93.1 Å². The van der Waals surface area contributed by atoms with Gasteiger partial charge in [0.05, 0.1) is 16.5 Å². The second-order valence-electron chi connectivity index (χ2n) is 4.80. The standard InChI is InChI=1S/C16H14BrNO6S/c1-3-4-18-15(21)12(25-16(18)22)7-9-5-10(17)14(11(6-9)23-2)24-8-13(19)20/h3,5-7H,1,4,8H2,2H3,(H,19,20)/b12-7+. The second kappa shape index (κ2) is 8.21. The van der Waals surface area contributed by atoms with Crippen LogP contribution in [0.25, 0.3) is 6.08 Å². The molecule has 0 spiro atoms. The van der Waals surface area contributed by atoms with Crippen molar-refractivity contribution in [3.8, 4) is 11.5 Å². The fourth-order valence-electron chi connectivity index (χ4n) is 2.03. The number of benzene rings is 1. The van der Waals surface area contributed by atoms with Crippen molar-refractivity contribution < 1.29 is 29.0 Å². The first-order valence-electron chi connectivity index (χ1n) is 6.95. The molecule has 2 rings (SSSR count). The quantitative estimate of drug-likeness (QED) is 0.527. The minimum Gasteiger partial charge on any atom is -0.493 e. The van der Waals surface area contributed by atoms with Crippen molar-refractivity contribution in [3.05, 3.63) is 39.7 Å². The summed E-state index contributed by atoms with van der Waals surface area (Å²) in [6, 6.07) is 3.23. The van der Waals surface area contributed by atoms with Crippen LogP contribution in [0.15, 0.2) is 34.2 Å². The number of amides is 2. The summed E-state index contributed by atoms with van der Waals surface area (Å²) in [6.45, 7) is 3.15. The van der Waals surface area contributed by atoms with E-state index >= 15 is 0 Å². The van der Waals surface area contributed by atoms with Crippen molar-refractivity contribution in [2.45, 2.75) is 0 Å². The van der Waals surface area contributed by atoms with Gasteiger partial charge in [-0.05, 0) is 51.5 Å². The maximum Gasteiger partial charge on any atom is 0.341 e. The van der Waals surface area contributed by atoms with Gasteiger partial charge < -0.3 is 14.6 Å². The highest BCUT2D eigenvalue weighted by atomic mass is 79.9. The Kier molecular flexibility index (Phi) is 6.27. The number of carbonyl (C=O) groups is 3. The molecule has 1 fully saturated rings. The van der Waals surface area contributed by atoms with Gasteiger partial charge in [-0.1, -0.05) is 6.08 Å². The van der Waals surface area contributed by atoms with E-state index in [1.54, 1.807) is 18.2 Å². The molecule has 0 radical (unpaired) electrons. The number of hydrogen-bond donors (Lipinski definition) is 1. The van der Waals surface area contributed by atoms with Crippen LogP contribution in [0.3, 0.4) is 0 Å². The van der Waals surface area contributed by atoms with Crippen LogP contribution in [0.2, 0.25) is 0 Å². The van der Waals surface area contributed by atoms with Crippen LogP contribution in [-0.4, -0.2) is 47.4 Å². The van der Waals surface area contributed by atoms with Crippen LogP contribution in [0, 0.1) is 0 Å². The fourth-order valence-corrected chi connectivity index (χ4v) is 3.46. The van der Waals surface area contributed by atoms with Gasteiger partial charge in [-0.15, -0.1) is 6.58 Å². The number of carboxylic acids is 1. The lowest BCUT2D eigenvalue weighted by Gasteiger charge is -2.12. The lowest BCUT2D eigenvalue weighted by molar-refractivity contribution is -0.139. The van der Waals surface area contributed by atoms with E-state index in [1.807, 2.05) is 0 Å². The van der Waals surface area contributed by atoms with E-state index in [4.69, 9.17) is 14.6 Å². The molecular weight excluding hydrogens is 414 g/mol. The summed E-state index contributed by atoms with van der Waals surface area (Å²) in [7, 11) is 1.41. The first-order chi connectivity index (χ1) is 11.9. The van der Waals surface area contributed by atoms with Gasteiger partial charge in [0, 0.05) is 6.54 Å². The first-order valence-corrected chi connectivity index (χ1v) is 8.56. The summed E-state index contributed by atoms with van der Waals surface area (Å²) in [5.74, 6) is -0.973. The number of methoxy groups -OCH3 is 1. The third-order valence-corrected chi connectivity index (χ3v) is 4.57. The van der Waals surface area contributed by atoms with E-state index in [-0.39, 0.29) is 22.4 Å². The Morgan fingerprint density at radius 2 is 2.16 bits per heavy atom. The number of carboxylic acid groups (broad SMARTS) is 1. The monoisotopic (exact) mass is 427 g/mol. The van der Waals surface area contributed by atoms with Crippen LogP contribution >= 0.6 is 27.7 Å². The predicted octanol–water partition coefficient (Wildman–Crippen LogP) is 3.14. The maximum absolute atomic E-state index is 12.2. The van der Waals surface area contributed by atoms with Gasteiger partial charge in [0.1, 0.15) is 0 Å². The van der Waals surface area contributed by atoms with Crippen LogP contribution in [0.1, 0.15) is 5.56 Å². The minimum absolute atomic E-state index is 0.150. The van der Waals surface area contributed by atoms with Crippen molar-refractivity contribution in [2.24, 2.45) is 0 Å². The van der Waals surface area contributed by atoms with Crippen molar-refractivity contribution >= 4 is 50.9 Å². The first kappa shape index (κ1) is 19.1. The average Bonchev–Trinajstić information content (AvgIpc) is 2.81. The smallest absolute Gasteiger partial charge is 0.341 e. The predicted molar refractivity (Wildman–Crippen MR) is 96.7 cm³/mol. The van der Waals surface area contributed by atoms with Crippen LogP contribution < -0.4 is 9.47 Å². The van der Waals surface area contributed by atoms with E-state index in [1.165, 1.54) is 13.2 Å². The molecule has 1 aliphatic heterocycles. The Hall–Kier alpha value is -2.26. The number of imide groups is 1. The number of rotatable bonds is 7. The molecule has 25 heavy (non-hydrogen) atoms. The summed E-state index contributed by atoms with van der Waals surface area (Å²) in [4.78, 5) is 36.1. The molecule has 9 heteroatoms. The Bertz CT molecular complexity index is 776. The third-order valence-electron chi connectivity index (χ3n) is 3.07. The molecule has 1 N–H and O–H groups in total. The number of hydrogen-bond acceptors (Lipinski definition) is 6. The minimum atomic E-state index is -1.12. The SMILES string of the molecule is C=CCN1C(=O)S/C(=C/c2cc(Br)c(OCC(=O)O)c(OC)c2)C1=O. The van der Waals surface area contributed by atoms with Gasteiger partial charge >= 0.3 is 5.97 Å². The zero-order valence-corrected chi connectivity index (χ0v) is 15.6. The highest BCUT2D eigenvalue weighted by Crippen LogP contribution is 2.39. The molecule has 1 aliphatic rings. The average molecular weight is 428 g/mol. The Labute approximate surface area is 156 Å². The molecule has 0 aliphatic carbocycles. The van der Waals surface area contributed by atoms with Gasteiger partial charge in [-0.3, -0.25) is 14.5 Å². The lowest BCUT2D eigenvalue weighted by atomic mass is 10.2. The number of nitrogens with zero attached hydrogens (tertiary/aromatic N) is 1. The third kappa shape index (κ3) is 4.43. The second-order valence-corrected chi connectivity index (χ2v) is 6.65. The Balaban J connectivity index is 2.33. The molecular formula is C16H14BrNO6S. The van der Waals surface area contributed by atoms with Gasteiger partial charge in [-0.25, -0.2) is 4.79 Å². The van der Waals surface area contributed by atoms with E-state index in [0.717, 1.165) is 16.7 Å². The number of halogens is 1. The number of ether oxygens (including phenoxy) is 2. The van der Waals surface area contributed by atoms with Crippen molar-refractivity contribution in [2.75, 3.05) is 20.3 Å². The van der Waals surface area contributed by atoms with E-state index in [9.17, 15) is 14.4 Å². The Morgan fingerprint density at radius 3 is 2.76 bits per heavy atom. The normalized spacial score (nSPS) is 15.6. The maximum atomic E-state index is 12.2. The largest absolute Gasteiger partial charge is 0.493 e. The molecule has 132 valence electrons. The molecule has 0 saturated carbocycles. The van der Waals surface area contributed by atoms with E-state index < -0.39 is 18.5 Å². The van der Waals surface area contributed by atoms with E-state index in [0.29, 0.717) is 15.8 Å². The van der Waals surface area contributed by atoms with Crippen LogP contribution in [0.4, 0.5) is 4.79 Å². The molecule has 1 aromatic carbocycles. The molecule has 0 bridgehead atoms. The van der Waals surface area contributed by atoms with E-state index in [2.05, 4.69) is 22.5 Å². The fraction of sp³-hybridized carbons (Fsp3) is 0.188. The van der Waals surface area contributed by atoms with Crippen molar-refractivity contribution in [3.63, 3.8) is 0 Å². The van der Waals surface area contributed by atoms with Crippen LogP contribution in [0.5, 0.6) is 11.5 Å². The summed E-state index contributed by atoms with van der Waals surface area (Å²) in [5, 5.41) is 8.36. The van der Waals surface area contributed by atoms with Gasteiger partial charge in [0.25, 0.3) is 11.1 Å². The van der Waals surface area contributed by atoms with Gasteiger partial charge in [0.2, 0.25) is 0 Å². The van der Waals surface area contributed by atoms with Crippen molar-refractivity contribution in [1.82, 2.24) is 4.90 Å². The summed E-state index contributed by atoms with van der Waals surface area (Å²) >= 11 is 4.13. The molecule has 0 aromatic heterocycles. The van der Waals surface area contributed by atoms with Gasteiger partial charge in [0.15, 0.2) is 18.1 Å². The molecule has 1 aromatic rings. The number of carbonyl (C=O) groups excluding carboxylic acids is 2. The number of aliphatic carboxylic acids is 1. The molecule has 2 amide bonds. The summed E-state index contributed by atoms with van der Waals surface area (Å²) < 4.78 is 10.9. The summed E-state index contributed by atoms with van der Waals surface area (Å²) in [5.41, 5.74) is 0.593. The van der Waals surface area contributed by atoms with Crippen molar-refractivity contribution in [1.29, 1.82) is 0 Å². The lowest BCUT2D eigenvalue weighted by Crippen LogP contribution is -2.27. The van der Waals surface area contributed by atoms with Gasteiger partial charge in [-0.2, -0.15) is 0 Å².